The van der Waals surface area contributed by atoms with Gasteiger partial charge >= 0.3 is 0 Å². The molecule has 1 fully saturated rings. The van der Waals surface area contributed by atoms with Crippen molar-refractivity contribution in [1.82, 2.24) is 4.90 Å². The zero-order chi connectivity index (χ0) is 10.6. The fourth-order valence-corrected chi connectivity index (χ4v) is 1.90. The summed E-state index contributed by atoms with van der Waals surface area (Å²) >= 11 is 0. The van der Waals surface area contributed by atoms with Gasteiger partial charge in [0.25, 0.3) is 0 Å². The Labute approximate surface area is 85.9 Å². The van der Waals surface area contributed by atoms with Crippen LogP contribution in [-0.4, -0.2) is 42.6 Å². The van der Waals surface area contributed by atoms with E-state index < -0.39 is 0 Å². The van der Waals surface area contributed by atoms with Crippen molar-refractivity contribution in [3.8, 4) is 0 Å². The molecule has 0 amide bonds. The molecule has 82 valence electrons. The summed E-state index contributed by atoms with van der Waals surface area (Å²) in [4.78, 5) is 2.38. The minimum Gasteiger partial charge on any atom is -0.388 e. The standard InChI is InChI=1S/C10H21N3O/c1-8(2)13(5-3-10(11)12)9-4-6-14-7-9/h8-9H,3-7H2,1-2H3,(H3,11,12). The maximum atomic E-state index is 7.22. The molecule has 4 heteroatoms. The topological polar surface area (TPSA) is 62.3 Å². The van der Waals surface area contributed by atoms with E-state index in [4.69, 9.17) is 15.9 Å². The summed E-state index contributed by atoms with van der Waals surface area (Å²) in [5.74, 6) is 0.273. The van der Waals surface area contributed by atoms with Gasteiger partial charge in [-0.05, 0) is 20.3 Å². The number of nitrogens with one attached hydrogen (secondary N) is 1. The Morgan fingerprint density at radius 1 is 1.64 bits per heavy atom. The highest BCUT2D eigenvalue weighted by atomic mass is 16.5. The smallest absolute Gasteiger partial charge is 0.0918 e. The SMILES string of the molecule is CC(C)N(CCC(=N)N)C1CCOC1. The van der Waals surface area contributed by atoms with Gasteiger partial charge in [0.2, 0.25) is 0 Å². The molecule has 0 saturated carbocycles. The van der Waals surface area contributed by atoms with E-state index in [1.165, 1.54) is 0 Å². The molecule has 1 unspecified atom stereocenters. The first-order valence-corrected chi connectivity index (χ1v) is 5.27. The predicted molar refractivity (Wildman–Crippen MR) is 57.6 cm³/mol. The van der Waals surface area contributed by atoms with E-state index in [9.17, 15) is 0 Å². The Balaban J connectivity index is 2.41. The van der Waals surface area contributed by atoms with Crippen molar-refractivity contribution in [2.75, 3.05) is 19.8 Å². The van der Waals surface area contributed by atoms with Crippen molar-refractivity contribution in [1.29, 1.82) is 5.41 Å². The largest absolute Gasteiger partial charge is 0.388 e. The number of hydrogen-bond donors (Lipinski definition) is 2. The van der Waals surface area contributed by atoms with Crippen LogP contribution in [0.5, 0.6) is 0 Å². The second-order valence-corrected chi connectivity index (χ2v) is 4.12. The minimum absolute atomic E-state index is 0.273. The van der Waals surface area contributed by atoms with Gasteiger partial charge < -0.3 is 10.5 Å². The van der Waals surface area contributed by atoms with Crippen LogP contribution in [0.2, 0.25) is 0 Å². The van der Waals surface area contributed by atoms with Crippen LogP contribution in [0.1, 0.15) is 26.7 Å². The van der Waals surface area contributed by atoms with E-state index >= 15 is 0 Å². The average Bonchev–Trinajstić information content (AvgIpc) is 2.56. The molecule has 1 saturated heterocycles. The summed E-state index contributed by atoms with van der Waals surface area (Å²) in [7, 11) is 0. The molecule has 0 aromatic carbocycles. The Hall–Kier alpha value is -0.610. The molecular formula is C10H21N3O. The van der Waals surface area contributed by atoms with Gasteiger partial charge in [0, 0.05) is 31.7 Å². The molecule has 1 aliphatic heterocycles. The maximum absolute atomic E-state index is 7.22. The molecule has 1 rings (SSSR count). The second kappa shape index (κ2) is 5.32. The van der Waals surface area contributed by atoms with Gasteiger partial charge in [0.1, 0.15) is 0 Å². The number of nitrogens with two attached hydrogens (primary N) is 1. The average molecular weight is 199 g/mol. The third kappa shape index (κ3) is 3.27. The van der Waals surface area contributed by atoms with E-state index in [-0.39, 0.29) is 5.84 Å². The fourth-order valence-electron chi connectivity index (χ4n) is 1.90. The molecule has 0 bridgehead atoms. The van der Waals surface area contributed by atoms with Gasteiger partial charge in [0.05, 0.1) is 12.4 Å². The van der Waals surface area contributed by atoms with Crippen LogP contribution in [0.3, 0.4) is 0 Å². The first-order valence-electron chi connectivity index (χ1n) is 5.27. The van der Waals surface area contributed by atoms with Crippen LogP contribution in [0.15, 0.2) is 0 Å². The molecule has 14 heavy (non-hydrogen) atoms. The van der Waals surface area contributed by atoms with Crippen molar-refractivity contribution in [2.45, 2.75) is 38.8 Å². The molecule has 0 aromatic heterocycles. The predicted octanol–water partition coefficient (Wildman–Crippen LogP) is 0.812. The summed E-state index contributed by atoms with van der Waals surface area (Å²) < 4.78 is 5.37. The van der Waals surface area contributed by atoms with Crippen molar-refractivity contribution < 1.29 is 4.74 Å². The zero-order valence-electron chi connectivity index (χ0n) is 9.12. The molecule has 3 N–H and O–H groups in total. The Kier molecular flexibility index (Phi) is 4.35. The molecular weight excluding hydrogens is 178 g/mol. The fraction of sp³-hybridized carbons (Fsp3) is 0.900. The summed E-state index contributed by atoms with van der Waals surface area (Å²) in [5, 5.41) is 7.22. The van der Waals surface area contributed by atoms with E-state index in [2.05, 4.69) is 18.7 Å². The quantitative estimate of drug-likeness (QED) is 0.509. The molecule has 1 heterocycles. The molecule has 0 aliphatic carbocycles. The van der Waals surface area contributed by atoms with Gasteiger partial charge in [-0.3, -0.25) is 10.3 Å². The van der Waals surface area contributed by atoms with Gasteiger partial charge in [-0.1, -0.05) is 0 Å². The number of nitrogens with zero attached hydrogens (tertiary/aromatic N) is 1. The Morgan fingerprint density at radius 2 is 2.36 bits per heavy atom. The molecule has 0 radical (unpaired) electrons. The normalized spacial score (nSPS) is 22.1. The Bertz CT molecular complexity index is 188. The van der Waals surface area contributed by atoms with Gasteiger partial charge in [0.15, 0.2) is 0 Å². The van der Waals surface area contributed by atoms with Crippen LogP contribution >= 0.6 is 0 Å². The second-order valence-electron chi connectivity index (χ2n) is 4.12. The van der Waals surface area contributed by atoms with Crippen molar-refractivity contribution in [2.24, 2.45) is 5.73 Å². The first-order chi connectivity index (χ1) is 6.61. The van der Waals surface area contributed by atoms with Crippen LogP contribution in [0, 0.1) is 5.41 Å². The third-order valence-electron chi connectivity index (χ3n) is 2.68. The zero-order valence-corrected chi connectivity index (χ0v) is 9.12. The highest BCUT2D eigenvalue weighted by molar-refractivity contribution is 5.76. The summed E-state index contributed by atoms with van der Waals surface area (Å²) in [6.45, 7) is 6.93. The summed E-state index contributed by atoms with van der Waals surface area (Å²) in [5.41, 5.74) is 5.36. The lowest BCUT2D eigenvalue weighted by molar-refractivity contribution is 0.123. The lowest BCUT2D eigenvalue weighted by atomic mass is 10.1. The lowest BCUT2D eigenvalue weighted by Crippen LogP contribution is -2.42. The van der Waals surface area contributed by atoms with Crippen molar-refractivity contribution >= 4 is 5.84 Å². The monoisotopic (exact) mass is 199 g/mol. The lowest BCUT2D eigenvalue weighted by Gasteiger charge is -2.31. The van der Waals surface area contributed by atoms with Crippen molar-refractivity contribution in [3.63, 3.8) is 0 Å². The van der Waals surface area contributed by atoms with E-state index in [0.717, 1.165) is 26.2 Å². The van der Waals surface area contributed by atoms with Gasteiger partial charge in [-0.15, -0.1) is 0 Å². The van der Waals surface area contributed by atoms with Gasteiger partial charge in [-0.25, -0.2) is 0 Å². The molecule has 1 atom stereocenters. The van der Waals surface area contributed by atoms with Crippen LogP contribution in [0.4, 0.5) is 0 Å². The third-order valence-corrected chi connectivity index (χ3v) is 2.68. The highest BCUT2D eigenvalue weighted by Crippen LogP contribution is 2.15. The number of amidine groups is 1. The molecule has 4 nitrogen and oxygen atoms in total. The van der Waals surface area contributed by atoms with E-state index in [0.29, 0.717) is 18.5 Å². The summed E-state index contributed by atoms with van der Waals surface area (Å²) in [6, 6.07) is 1.02. The summed E-state index contributed by atoms with van der Waals surface area (Å²) in [6.07, 6.45) is 1.77. The van der Waals surface area contributed by atoms with Crippen molar-refractivity contribution in [3.05, 3.63) is 0 Å². The van der Waals surface area contributed by atoms with Crippen LogP contribution in [0.25, 0.3) is 0 Å². The molecule has 0 spiro atoms. The maximum Gasteiger partial charge on any atom is 0.0918 e. The van der Waals surface area contributed by atoms with E-state index in [1.54, 1.807) is 0 Å². The minimum atomic E-state index is 0.273. The number of hydrogen-bond acceptors (Lipinski definition) is 3. The van der Waals surface area contributed by atoms with Gasteiger partial charge in [-0.2, -0.15) is 0 Å². The number of ether oxygens (including phenoxy) is 1. The highest BCUT2D eigenvalue weighted by Gasteiger charge is 2.24. The molecule has 0 aromatic rings. The Morgan fingerprint density at radius 3 is 2.79 bits per heavy atom. The molecule has 1 aliphatic rings. The van der Waals surface area contributed by atoms with Crippen LogP contribution < -0.4 is 5.73 Å². The first kappa shape index (κ1) is 11.5. The van der Waals surface area contributed by atoms with E-state index in [1.807, 2.05) is 0 Å². The van der Waals surface area contributed by atoms with Crippen LogP contribution in [-0.2, 0) is 4.74 Å². The number of rotatable bonds is 5.